The molecule has 0 spiro atoms. The summed E-state index contributed by atoms with van der Waals surface area (Å²) < 4.78 is 0. The van der Waals surface area contributed by atoms with E-state index in [1.807, 2.05) is 36.5 Å². The topological polar surface area (TPSA) is 94.8 Å². The molecule has 0 unspecified atom stereocenters. The fraction of sp³-hybridized carbons (Fsp3) is 0. The lowest BCUT2D eigenvalue weighted by atomic mass is 10.0. The average Bonchev–Trinajstić information content (AvgIpc) is 3.09. The van der Waals surface area contributed by atoms with E-state index in [-0.39, 0.29) is 11.7 Å². The fourth-order valence-corrected chi connectivity index (χ4v) is 2.87. The molecule has 0 saturated carbocycles. The van der Waals surface area contributed by atoms with Crippen molar-refractivity contribution in [3.05, 3.63) is 65.4 Å². The van der Waals surface area contributed by atoms with Gasteiger partial charge in [0.25, 0.3) is 5.91 Å². The molecule has 5 N–H and O–H groups in total. The molecular weight excluding hydrogens is 288 g/mol. The van der Waals surface area contributed by atoms with Crippen molar-refractivity contribution in [2.45, 2.75) is 0 Å². The maximum atomic E-state index is 12.3. The van der Waals surface area contributed by atoms with Crippen LogP contribution < -0.4 is 11.1 Å². The summed E-state index contributed by atoms with van der Waals surface area (Å²) in [7, 11) is 0. The van der Waals surface area contributed by atoms with E-state index in [0.717, 1.165) is 27.7 Å². The van der Waals surface area contributed by atoms with Gasteiger partial charge in [0.15, 0.2) is 0 Å². The van der Waals surface area contributed by atoms with Gasteiger partial charge in [-0.2, -0.15) is 0 Å². The van der Waals surface area contributed by atoms with E-state index in [2.05, 4.69) is 10.3 Å². The van der Waals surface area contributed by atoms with Crippen molar-refractivity contribution >= 4 is 40.0 Å². The van der Waals surface area contributed by atoms with Gasteiger partial charge in [-0.15, -0.1) is 0 Å². The number of H-pyrrole nitrogens is 1. The fourth-order valence-electron chi connectivity index (χ4n) is 2.87. The van der Waals surface area contributed by atoms with Crippen LogP contribution in [0.5, 0.6) is 0 Å². The monoisotopic (exact) mass is 302 g/mol. The van der Waals surface area contributed by atoms with Gasteiger partial charge in [0.1, 0.15) is 5.84 Å². The van der Waals surface area contributed by atoms with Gasteiger partial charge >= 0.3 is 0 Å². The molecule has 2 heterocycles. The quantitative estimate of drug-likeness (QED) is 0.333. The molecule has 5 heteroatoms. The van der Waals surface area contributed by atoms with Crippen LogP contribution in [0.1, 0.15) is 16.7 Å². The third-order valence-corrected chi connectivity index (χ3v) is 4.03. The third-order valence-electron chi connectivity index (χ3n) is 4.03. The predicted octanol–water partition coefficient (Wildman–Crippen LogP) is 2.94. The Hall–Kier alpha value is -3.34. The smallest absolute Gasteiger partial charge is 0.256 e. The summed E-state index contributed by atoms with van der Waals surface area (Å²) in [6, 6.07) is 13.2. The van der Waals surface area contributed by atoms with Crippen molar-refractivity contribution in [1.29, 1.82) is 5.41 Å². The minimum absolute atomic E-state index is 0.0152. The van der Waals surface area contributed by atoms with Crippen LogP contribution in [0.15, 0.2) is 48.7 Å². The first-order chi connectivity index (χ1) is 11.1. The Balaban J connectivity index is 1.88. The zero-order chi connectivity index (χ0) is 16.0. The number of carbonyl (C=O) groups excluding carboxylic acids is 1. The largest absolute Gasteiger partial charge is 0.384 e. The molecule has 0 radical (unpaired) electrons. The lowest BCUT2D eigenvalue weighted by Crippen LogP contribution is -2.10. The molecule has 1 aromatic heterocycles. The van der Waals surface area contributed by atoms with Gasteiger partial charge in [0.2, 0.25) is 0 Å². The van der Waals surface area contributed by atoms with Crippen molar-refractivity contribution in [2.75, 3.05) is 5.32 Å². The van der Waals surface area contributed by atoms with E-state index in [0.29, 0.717) is 11.1 Å². The number of aromatic nitrogens is 1. The maximum Gasteiger partial charge on any atom is 0.256 e. The number of amides is 1. The van der Waals surface area contributed by atoms with Crippen molar-refractivity contribution in [3.63, 3.8) is 0 Å². The summed E-state index contributed by atoms with van der Waals surface area (Å²) in [5.74, 6) is -0.162. The van der Waals surface area contributed by atoms with E-state index in [1.54, 1.807) is 18.2 Å². The van der Waals surface area contributed by atoms with E-state index in [9.17, 15) is 4.79 Å². The van der Waals surface area contributed by atoms with Gasteiger partial charge in [0, 0.05) is 45.1 Å². The maximum absolute atomic E-state index is 12.3. The molecule has 112 valence electrons. The molecule has 4 rings (SSSR count). The molecule has 0 aliphatic carbocycles. The molecular formula is C18H14N4O. The molecule has 5 nitrogen and oxygen atoms in total. The van der Waals surface area contributed by atoms with Crippen LogP contribution in [0, 0.1) is 5.41 Å². The molecule has 0 fully saturated rings. The first-order valence-corrected chi connectivity index (χ1v) is 7.21. The molecule has 0 bridgehead atoms. The number of rotatable bonds is 2. The highest BCUT2D eigenvalue weighted by atomic mass is 16.2. The van der Waals surface area contributed by atoms with Gasteiger partial charge in [-0.1, -0.05) is 18.2 Å². The van der Waals surface area contributed by atoms with Crippen molar-refractivity contribution < 1.29 is 4.79 Å². The summed E-state index contributed by atoms with van der Waals surface area (Å²) in [6.07, 6.45) is 3.75. The Morgan fingerprint density at radius 3 is 2.83 bits per heavy atom. The Labute approximate surface area is 132 Å². The normalized spacial score (nSPS) is 15.0. The molecule has 1 aliphatic heterocycles. The minimum atomic E-state index is -0.147. The van der Waals surface area contributed by atoms with E-state index in [1.165, 1.54) is 0 Å². The van der Waals surface area contributed by atoms with Crippen LogP contribution in [0.25, 0.3) is 22.6 Å². The first kappa shape index (κ1) is 13.3. The number of anilines is 1. The number of nitrogen functional groups attached to an aromatic ring is 1. The van der Waals surface area contributed by atoms with E-state index >= 15 is 0 Å². The molecule has 1 amide bonds. The Kier molecular flexibility index (Phi) is 2.81. The van der Waals surface area contributed by atoms with E-state index < -0.39 is 0 Å². The van der Waals surface area contributed by atoms with Crippen molar-refractivity contribution in [1.82, 2.24) is 4.98 Å². The molecule has 2 aromatic carbocycles. The van der Waals surface area contributed by atoms with Crippen LogP contribution >= 0.6 is 0 Å². The zero-order valence-electron chi connectivity index (χ0n) is 12.2. The number of carbonyl (C=O) groups is 1. The molecule has 0 saturated heterocycles. The molecule has 0 atom stereocenters. The number of hydrogen-bond acceptors (Lipinski definition) is 2. The summed E-state index contributed by atoms with van der Waals surface area (Å²) in [6.45, 7) is 0. The minimum Gasteiger partial charge on any atom is -0.384 e. The van der Waals surface area contributed by atoms with Gasteiger partial charge in [-0.25, -0.2) is 0 Å². The van der Waals surface area contributed by atoms with Crippen LogP contribution in [-0.2, 0) is 4.79 Å². The Bertz CT molecular complexity index is 997. The zero-order valence-corrected chi connectivity index (χ0v) is 12.2. The Morgan fingerprint density at radius 2 is 2.00 bits per heavy atom. The van der Waals surface area contributed by atoms with Crippen LogP contribution in [-0.4, -0.2) is 16.7 Å². The van der Waals surface area contributed by atoms with Crippen molar-refractivity contribution in [2.24, 2.45) is 5.73 Å². The highest BCUT2D eigenvalue weighted by Crippen LogP contribution is 2.34. The standard InChI is InChI=1S/C18H14N4O/c19-17(20)10-5-6-16-13(7-10)14(18(23)22-16)8-11-9-21-15-4-2-1-3-12(11)15/h1-9,21H,(H3,19,20)(H,22,23)/b14-8+. The second-order valence-electron chi connectivity index (χ2n) is 5.48. The number of nitrogens with one attached hydrogen (secondary N) is 3. The number of benzene rings is 2. The van der Waals surface area contributed by atoms with Gasteiger partial charge in [0.05, 0.1) is 0 Å². The molecule has 23 heavy (non-hydrogen) atoms. The van der Waals surface area contributed by atoms with Crippen LogP contribution in [0.3, 0.4) is 0 Å². The highest BCUT2D eigenvalue weighted by molar-refractivity contribution is 6.35. The predicted molar refractivity (Wildman–Crippen MR) is 92.3 cm³/mol. The number of amidine groups is 1. The van der Waals surface area contributed by atoms with Gasteiger partial charge in [-0.05, 0) is 30.3 Å². The second-order valence-corrected chi connectivity index (χ2v) is 5.48. The lowest BCUT2D eigenvalue weighted by molar-refractivity contribution is -0.110. The number of para-hydroxylation sites is 1. The number of nitrogens with two attached hydrogens (primary N) is 1. The van der Waals surface area contributed by atoms with Gasteiger partial charge < -0.3 is 16.0 Å². The lowest BCUT2D eigenvalue weighted by Gasteiger charge is -2.02. The second kappa shape index (κ2) is 4.84. The Morgan fingerprint density at radius 1 is 1.17 bits per heavy atom. The SMILES string of the molecule is N=C(N)c1ccc2c(c1)/C(=C\c1c[nH]c3ccccc13)C(=O)N2. The number of fused-ring (bicyclic) bond motifs is 2. The summed E-state index contributed by atoms with van der Waals surface area (Å²) in [5.41, 5.74) is 10.2. The van der Waals surface area contributed by atoms with E-state index in [4.69, 9.17) is 11.1 Å². The number of aromatic amines is 1. The summed E-state index contributed by atoms with van der Waals surface area (Å²) in [5, 5.41) is 11.5. The van der Waals surface area contributed by atoms with Crippen LogP contribution in [0.2, 0.25) is 0 Å². The van der Waals surface area contributed by atoms with Crippen molar-refractivity contribution in [3.8, 4) is 0 Å². The first-order valence-electron chi connectivity index (χ1n) is 7.21. The number of hydrogen-bond donors (Lipinski definition) is 4. The highest BCUT2D eigenvalue weighted by Gasteiger charge is 2.24. The molecule has 1 aliphatic rings. The molecule has 3 aromatic rings. The summed E-state index contributed by atoms with van der Waals surface area (Å²) >= 11 is 0. The average molecular weight is 302 g/mol. The summed E-state index contributed by atoms with van der Waals surface area (Å²) in [4.78, 5) is 15.5. The van der Waals surface area contributed by atoms with Gasteiger partial charge in [-0.3, -0.25) is 10.2 Å². The van der Waals surface area contributed by atoms with Crippen LogP contribution in [0.4, 0.5) is 5.69 Å². The third kappa shape index (κ3) is 2.10.